The van der Waals surface area contributed by atoms with Crippen molar-refractivity contribution in [1.29, 1.82) is 0 Å². The Hall–Kier alpha value is -1.50. The zero-order chi connectivity index (χ0) is 20.0. The molecule has 3 N–H and O–H groups in total. The number of nitrogens with two attached hydrogens (primary N) is 1. The van der Waals surface area contributed by atoms with Crippen LogP contribution in [0.2, 0.25) is 5.02 Å². The highest BCUT2D eigenvalue weighted by Crippen LogP contribution is 2.36. The number of hydrogen-bond donors (Lipinski definition) is 2. The number of nitrogens with one attached hydrogen (secondary N) is 1. The van der Waals surface area contributed by atoms with Crippen LogP contribution in [0.1, 0.15) is 39.2 Å². The van der Waals surface area contributed by atoms with Crippen molar-refractivity contribution in [3.05, 3.63) is 22.7 Å². The van der Waals surface area contributed by atoms with Gasteiger partial charge in [0.05, 0.1) is 12.1 Å². The third kappa shape index (κ3) is 6.26. The summed E-state index contributed by atoms with van der Waals surface area (Å²) < 4.78 is 10.7. The lowest BCUT2D eigenvalue weighted by molar-refractivity contribution is -0.119. The summed E-state index contributed by atoms with van der Waals surface area (Å²) in [6, 6.07) is 3.69. The lowest BCUT2D eigenvalue weighted by Crippen LogP contribution is -2.53. The van der Waals surface area contributed by atoms with Crippen LogP contribution in [0, 0.1) is 5.92 Å². The van der Waals surface area contributed by atoms with Gasteiger partial charge in [-0.3, -0.25) is 9.69 Å². The van der Waals surface area contributed by atoms with Crippen molar-refractivity contribution in [2.75, 3.05) is 33.4 Å². The second-order valence-corrected chi connectivity index (χ2v) is 8.38. The van der Waals surface area contributed by atoms with Crippen LogP contribution in [0.3, 0.4) is 0 Å². The number of primary amides is 1. The van der Waals surface area contributed by atoms with Gasteiger partial charge in [0.25, 0.3) is 5.91 Å². The van der Waals surface area contributed by atoms with E-state index in [1.807, 2.05) is 12.1 Å². The Kier molecular flexibility index (Phi) is 7.77. The summed E-state index contributed by atoms with van der Waals surface area (Å²) in [5.41, 5.74) is 6.21. The third-order valence-corrected chi connectivity index (χ3v) is 5.33. The minimum absolute atomic E-state index is 0.0904. The predicted molar refractivity (Wildman–Crippen MR) is 108 cm³/mol. The highest BCUT2D eigenvalue weighted by Gasteiger charge is 2.29. The number of rotatable bonds is 9. The van der Waals surface area contributed by atoms with Crippen LogP contribution in [0.5, 0.6) is 11.5 Å². The molecule has 1 heterocycles. The van der Waals surface area contributed by atoms with Crippen molar-refractivity contribution in [3.63, 3.8) is 0 Å². The van der Waals surface area contributed by atoms with Crippen LogP contribution >= 0.6 is 11.6 Å². The average Bonchev–Trinajstić information content (AvgIpc) is 2.60. The maximum Gasteiger partial charge on any atom is 0.255 e. The van der Waals surface area contributed by atoms with E-state index in [2.05, 4.69) is 31.0 Å². The van der Waals surface area contributed by atoms with Gasteiger partial charge in [-0.25, -0.2) is 0 Å². The smallest absolute Gasteiger partial charge is 0.255 e. The molecule has 152 valence electrons. The van der Waals surface area contributed by atoms with E-state index in [0.29, 0.717) is 23.1 Å². The van der Waals surface area contributed by atoms with Gasteiger partial charge in [0.2, 0.25) is 0 Å². The van der Waals surface area contributed by atoms with Crippen molar-refractivity contribution in [2.45, 2.75) is 45.7 Å². The number of hydrogen-bond acceptors (Lipinski definition) is 5. The van der Waals surface area contributed by atoms with Crippen molar-refractivity contribution < 1.29 is 14.3 Å². The summed E-state index contributed by atoms with van der Waals surface area (Å²) >= 11 is 6.31. The number of piperidine rings is 1. The summed E-state index contributed by atoms with van der Waals surface area (Å²) in [6.07, 6.45) is 2.59. The molecule has 1 aromatic rings. The van der Waals surface area contributed by atoms with E-state index in [-0.39, 0.29) is 12.1 Å². The number of halogens is 1. The molecule has 0 radical (unpaired) electrons. The average molecular weight is 398 g/mol. The van der Waals surface area contributed by atoms with E-state index < -0.39 is 5.91 Å². The minimum atomic E-state index is -0.562. The van der Waals surface area contributed by atoms with Gasteiger partial charge < -0.3 is 20.5 Å². The summed E-state index contributed by atoms with van der Waals surface area (Å²) in [6.45, 7) is 10.5. The van der Waals surface area contributed by atoms with Gasteiger partial charge in [-0.15, -0.1) is 0 Å². The second kappa shape index (κ2) is 9.62. The molecular formula is C20H32ClN3O3. The minimum Gasteiger partial charge on any atom is -0.493 e. The van der Waals surface area contributed by atoms with E-state index in [4.69, 9.17) is 26.8 Å². The van der Waals surface area contributed by atoms with Gasteiger partial charge in [-0.2, -0.15) is 0 Å². The fourth-order valence-electron chi connectivity index (χ4n) is 3.52. The lowest BCUT2D eigenvalue weighted by atomic mass is 9.93. The van der Waals surface area contributed by atoms with Crippen molar-refractivity contribution in [3.8, 4) is 11.5 Å². The number of nitrogens with zero attached hydrogens (tertiary/aromatic N) is 1. The van der Waals surface area contributed by atoms with Crippen LogP contribution in [-0.2, 0) is 11.3 Å². The molecule has 1 unspecified atom stereocenters. The number of carbonyl (C=O) groups excluding carboxylic acids is 1. The first-order valence-electron chi connectivity index (χ1n) is 9.46. The molecule has 0 spiro atoms. The first-order valence-corrected chi connectivity index (χ1v) is 9.84. The van der Waals surface area contributed by atoms with Crippen LogP contribution in [0.25, 0.3) is 0 Å². The first-order chi connectivity index (χ1) is 12.7. The zero-order valence-corrected chi connectivity index (χ0v) is 17.6. The quantitative estimate of drug-likeness (QED) is 0.670. The fourth-order valence-corrected chi connectivity index (χ4v) is 3.81. The lowest BCUT2D eigenvalue weighted by Gasteiger charge is -2.43. The van der Waals surface area contributed by atoms with Crippen molar-refractivity contribution in [1.82, 2.24) is 10.2 Å². The van der Waals surface area contributed by atoms with Crippen molar-refractivity contribution >= 4 is 17.5 Å². The third-order valence-electron chi connectivity index (χ3n) is 5.05. The molecule has 1 aliphatic heterocycles. The number of methoxy groups -OCH3 is 1. The largest absolute Gasteiger partial charge is 0.493 e. The van der Waals surface area contributed by atoms with Crippen LogP contribution < -0.4 is 20.5 Å². The monoisotopic (exact) mass is 397 g/mol. The topological polar surface area (TPSA) is 76.8 Å². The number of carbonyl (C=O) groups is 1. The summed E-state index contributed by atoms with van der Waals surface area (Å²) in [5.74, 6) is 1.02. The SMILES string of the molecule is COc1cc(CNCC(C)(C)N2CCCC(C)C2)cc(Cl)c1OCC(N)=O. The Bertz CT molecular complexity index is 652. The van der Waals surface area contributed by atoms with E-state index in [0.717, 1.165) is 31.1 Å². The van der Waals surface area contributed by atoms with Gasteiger partial charge in [0.1, 0.15) is 0 Å². The molecule has 1 aromatic carbocycles. The van der Waals surface area contributed by atoms with E-state index in [1.165, 1.54) is 12.8 Å². The number of ether oxygens (including phenoxy) is 2. The van der Waals surface area contributed by atoms with Crippen LogP contribution in [0.15, 0.2) is 12.1 Å². The Balaban J connectivity index is 1.96. The maximum atomic E-state index is 10.9. The summed E-state index contributed by atoms with van der Waals surface area (Å²) in [5, 5.41) is 3.93. The molecule has 0 bridgehead atoms. The molecule has 27 heavy (non-hydrogen) atoms. The molecule has 7 heteroatoms. The van der Waals surface area contributed by atoms with Crippen LogP contribution in [-0.4, -0.2) is 49.7 Å². The molecule has 6 nitrogen and oxygen atoms in total. The molecule has 1 fully saturated rings. The molecule has 1 aliphatic rings. The molecule has 2 rings (SSSR count). The molecule has 0 saturated carbocycles. The van der Waals surface area contributed by atoms with Gasteiger partial charge in [-0.1, -0.05) is 18.5 Å². The van der Waals surface area contributed by atoms with Gasteiger partial charge >= 0.3 is 0 Å². The number of amides is 1. The summed E-state index contributed by atoms with van der Waals surface area (Å²) in [4.78, 5) is 13.5. The van der Waals surface area contributed by atoms with E-state index >= 15 is 0 Å². The highest BCUT2D eigenvalue weighted by molar-refractivity contribution is 6.32. The second-order valence-electron chi connectivity index (χ2n) is 7.97. The number of likely N-dealkylation sites (tertiary alicyclic amines) is 1. The Morgan fingerprint density at radius 2 is 2.19 bits per heavy atom. The molecule has 1 amide bonds. The Labute approximate surface area is 167 Å². The predicted octanol–water partition coefficient (Wildman–Crippen LogP) is 2.81. The molecule has 0 aliphatic carbocycles. The highest BCUT2D eigenvalue weighted by atomic mass is 35.5. The van der Waals surface area contributed by atoms with Crippen molar-refractivity contribution in [2.24, 2.45) is 11.7 Å². The molecule has 1 atom stereocenters. The standard InChI is InChI=1S/C20H32ClN3O3/c1-14-6-5-7-24(11-14)20(2,3)13-23-10-15-8-16(21)19(17(9-15)26-4)27-12-18(22)25/h8-9,14,23H,5-7,10-13H2,1-4H3,(H2,22,25). The van der Waals surface area contributed by atoms with Gasteiger partial charge in [-0.05, 0) is 56.8 Å². The number of benzene rings is 1. The normalized spacial score (nSPS) is 18.3. The molecular weight excluding hydrogens is 366 g/mol. The van der Waals surface area contributed by atoms with Gasteiger partial charge in [0.15, 0.2) is 18.1 Å². The maximum absolute atomic E-state index is 10.9. The summed E-state index contributed by atoms with van der Waals surface area (Å²) in [7, 11) is 1.54. The molecule has 1 saturated heterocycles. The van der Waals surface area contributed by atoms with E-state index in [1.54, 1.807) is 7.11 Å². The van der Waals surface area contributed by atoms with Gasteiger partial charge in [0, 0.05) is 25.2 Å². The molecule has 0 aromatic heterocycles. The zero-order valence-electron chi connectivity index (χ0n) is 16.8. The fraction of sp³-hybridized carbons (Fsp3) is 0.650. The van der Waals surface area contributed by atoms with Crippen LogP contribution in [0.4, 0.5) is 0 Å². The Morgan fingerprint density at radius 1 is 1.44 bits per heavy atom. The Morgan fingerprint density at radius 3 is 2.81 bits per heavy atom. The first kappa shape index (κ1) is 21.8. The van der Waals surface area contributed by atoms with E-state index in [9.17, 15) is 4.79 Å².